The number of nitrogens with one attached hydrogen (secondary N) is 2. The van der Waals surface area contributed by atoms with Crippen LogP contribution in [0.25, 0.3) is 0 Å². The lowest BCUT2D eigenvalue weighted by Gasteiger charge is -2.09. The number of benzene rings is 3. The highest BCUT2D eigenvalue weighted by atomic mass is 16.6. The molecule has 0 radical (unpaired) electrons. The second kappa shape index (κ2) is 9.83. The minimum atomic E-state index is -0.659. The highest BCUT2D eigenvalue weighted by Crippen LogP contribution is 2.14. The van der Waals surface area contributed by atoms with E-state index in [1.165, 1.54) is 23.8 Å². The Kier molecular flexibility index (Phi) is 6.73. The molecule has 8 nitrogen and oxygen atoms in total. The molecule has 3 rings (SSSR count). The van der Waals surface area contributed by atoms with Crippen molar-refractivity contribution in [3.63, 3.8) is 0 Å². The second-order valence-corrected chi connectivity index (χ2v) is 6.32. The van der Waals surface area contributed by atoms with Crippen LogP contribution < -0.4 is 15.6 Å². The third-order valence-corrected chi connectivity index (χ3v) is 4.23. The molecule has 0 heterocycles. The third-order valence-electron chi connectivity index (χ3n) is 4.23. The van der Waals surface area contributed by atoms with Crippen molar-refractivity contribution in [3.8, 4) is 5.75 Å². The lowest BCUT2D eigenvalue weighted by molar-refractivity contribution is -0.384. The van der Waals surface area contributed by atoms with E-state index in [9.17, 15) is 19.7 Å². The lowest BCUT2D eigenvalue weighted by atomic mass is 10.2. The van der Waals surface area contributed by atoms with Crippen molar-refractivity contribution in [3.05, 3.63) is 106 Å². The van der Waals surface area contributed by atoms with E-state index >= 15 is 0 Å². The van der Waals surface area contributed by atoms with Crippen molar-refractivity contribution in [2.45, 2.75) is 6.42 Å². The number of nitro groups is 1. The van der Waals surface area contributed by atoms with Crippen LogP contribution in [0.15, 0.2) is 78.9 Å². The second-order valence-electron chi connectivity index (χ2n) is 6.32. The van der Waals surface area contributed by atoms with Crippen molar-refractivity contribution in [2.75, 3.05) is 6.61 Å². The van der Waals surface area contributed by atoms with E-state index in [1.807, 2.05) is 30.3 Å². The molecule has 30 heavy (non-hydrogen) atoms. The largest absolute Gasteiger partial charge is 0.493 e. The Labute approximate surface area is 172 Å². The zero-order valence-corrected chi connectivity index (χ0v) is 15.9. The highest BCUT2D eigenvalue weighted by Gasteiger charge is 2.13. The molecule has 0 unspecified atom stereocenters. The number of hydrogen-bond acceptors (Lipinski definition) is 5. The van der Waals surface area contributed by atoms with Crippen molar-refractivity contribution in [1.29, 1.82) is 0 Å². The van der Waals surface area contributed by atoms with E-state index < -0.39 is 16.7 Å². The van der Waals surface area contributed by atoms with Crippen LogP contribution in [0.3, 0.4) is 0 Å². The van der Waals surface area contributed by atoms with Gasteiger partial charge in [0.1, 0.15) is 5.75 Å². The van der Waals surface area contributed by atoms with Gasteiger partial charge in [0.15, 0.2) is 0 Å². The fourth-order valence-corrected chi connectivity index (χ4v) is 2.65. The predicted molar refractivity (Wildman–Crippen MR) is 110 cm³/mol. The third kappa shape index (κ3) is 5.65. The van der Waals surface area contributed by atoms with Gasteiger partial charge >= 0.3 is 0 Å². The number of hydrogen-bond donors (Lipinski definition) is 2. The Morgan fingerprint density at radius 1 is 0.833 bits per heavy atom. The Morgan fingerprint density at radius 2 is 1.50 bits per heavy atom. The van der Waals surface area contributed by atoms with Crippen LogP contribution in [0.4, 0.5) is 5.69 Å². The van der Waals surface area contributed by atoms with Crippen molar-refractivity contribution >= 4 is 17.5 Å². The van der Waals surface area contributed by atoms with E-state index in [2.05, 4.69) is 10.9 Å². The van der Waals surface area contributed by atoms with Gasteiger partial charge in [-0.3, -0.25) is 30.6 Å². The van der Waals surface area contributed by atoms with Crippen molar-refractivity contribution < 1.29 is 19.2 Å². The molecule has 3 aromatic carbocycles. The number of hydrazine groups is 1. The van der Waals surface area contributed by atoms with Gasteiger partial charge in [0.25, 0.3) is 17.5 Å². The summed E-state index contributed by atoms with van der Waals surface area (Å²) in [5.41, 5.74) is 5.87. The van der Waals surface area contributed by atoms with Gasteiger partial charge in [-0.2, -0.15) is 0 Å². The van der Waals surface area contributed by atoms with Crippen LogP contribution in [0, 0.1) is 10.1 Å². The summed E-state index contributed by atoms with van der Waals surface area (Å²) in [6, 6.07) is 21.7. The van der Waals surface area contributed by atoms with E-state index in [0.29, 0.717) is 17.9 Å². The SMILES string of the molecule is O=C(NNC(=O)c1cccc([N+](=O)[O-])c1)c1ccc(OCCc2ccccc2)cc1. The summed E-state index contributed by atoms with van der Waals surface area (Å²) in [5.74, 6) is -0.555. The molecule has 0 atom stereocenters. The first-order valence-corrected chi connectivity index (χ1v) is 9.15. The fourth-order valence-electron chi connectivity index (χ4n) is 2.65. The quantitative estimate of drug-likeness (QED) is 0.463. The van der Waals surface area contributed by atoms with Gasteiger partial charge in [0.2, 0.25) is 0 Å². The average Bonchev–Trinajstić information content (AvgIpc) is 2.78. The number of rotatable bonds is 7. The van der Waals surface area contributed by atoms with Crippen LogP contribution in [-0.4, -0.2) is 23.3 Å². The molecule has 8 heteroatoms. The van der Waals surface area contributed by atoms with Crippen LogP contribution in [0.5, 0.6) is 5.75 Å². The number of nitro benzene ring substituents is 1. The van der Waals surface area contributed by atoms with Gasteiger partial charge < -0.3 is 4.74 Å². The Hall–Kier alpha value is -4.20. The Bertz CT molecular complexity index is 1040. The fraction of sp³-hybridized carbons (Fsp3) is 0.0909. The first kappa shape index (κ1) is 20.5. The Morgan fingerprint density at radius 3 is 2.17 bits per heavy atom. The number of nitrogens with zero attached hydrogens (tertiary/aromatic N) is 1. The maximum atomic E-state index is 12.2. The molecular weight excluding hydrogens is 386 g/mol. The molecule has 152 valence electrons. The smallest absolute Gasteiger partial charge is 0.270 e. The molecule has 0 spiro atoms. The molecule has 3 aromatic rings. The molecule has 2 amide bonds. The van der Waals surface area contributed by atoms with Crippen molar-refractivity contribution in [1.82, 2.24) is 10.9 Å². The van der Waals surface area contributed by atoms with E-state index in [1.54, 1.807) is 24.3 Å². The average molecular weight is 405 g/mol. The molecule has 2 N–H and O–H groups in total. The summed E-state index contributed by atoms with van der Waals surface area (Å²) >= 11 is 0. The van der Waals surface area contributed by atoms with Crippen LogP contribution in [-0.2, 0) is 6.42 Å². The molecule has 0 bridgehead atoms. The molecule has 0 saturated heterocycles. The predicted octanol–water partition coefficient (Wildman–Crippen LogP) is 3.29. The van der Waals surface area contributed by atoms with E-state index in [-0.39, 0.29) is 11.3 Å². The maximum Gasteiger partial charge on any atom is 0.270 e. The monoisotopic (exact) mass is 405 g/mol. The summed E-state index contributed by atoms with van der Waals surface area (Å²) in [6.45, 7) is 0.509. The molecule has 0 aliphatic heterocycles. The number of non-ortho nitro benzene ring substituents is 1. The lowest BCUT2D eigenvalue weighted by Crippen LogP contribution is -2.41. The molecule has 0 saturated carbocycles. The van der Waals surface area contributed by atoms with Crippen LogP contribution in [0.2, 0.25) is 0 Å². The van der Waals surface area contributed by atoms with Gasteiger partial charge in [-0.15, -0.1) is 0 Å². The summed E-state index contributed by atoms with van der Waals surface area (Å²) in [7, 11) is 0. The van der Waals surface area contributed by atoms with Gasteiger partial charge in [-0.05, 0) is 35.9 Å². The number of carbonyl (C=O) groups excluding carboxylic acids is 2. The minimum Gasteiger partial charge on any atom is -0.493 e. The molecule has 0 aliphatic carbocycles. The Balaban J connectivity index is 1.49. The van der Waals surface area contributed by atoms with Gasteiger partial charge in [0.05, 0.1) is 11.5 Å². The number of amides is 2. The molecule has 0 fully saturated rings. The molecule has 0 aromatic heterocycles. The molecular formula is C22H19N3O5. The zero-order chi connectivity index (χ0) is 21.3. The van der Waals surface area contributed by atoms with E-state index in [0.717, 1.165) is 12.5 Å². The van der Waals surface area contributed by atoms with Gasteiger partial charge in [-0.25, -0.2) is 0 Å². The first-order valence-electron chi connectivity index (χ1n) is 9.15. The van der Waals surface area contributed by atoms with Crippen molar-refractivity contribution in [2.24, 2.45) is 0 Å². The highest BCUT2D eigenvalue weighted by molar-refractivity contribution is 5.99. The summed E-state index contributed by atoms with van der Waals surface area (Å²) in [4.78, 5) is 34.5. The standard InChI is InChI=1S/C22H19N3O5/c26-21(23-24-22(27)18-7-4-8-19(15-18)25(28)29)17-9-11-20(12-10-17)30-14-13-16-5-2-1-3-6-16/h1-12,15H,13-14H2,(H,23,26)(H,24,27). The van der Waals surface area contributed by atoms with Crippen LogP contribution >= 0.6 is 0 Å². The number of carbonyl (C=O) groups is 2. The maximum absolute atomic E-state index is 12.2. The first-order chi connectivity index (χ1) is 14.5. The van der Waals surface area contributed by atoms with Crippen LogP contribution in [0.1, 0.15) is 26.3 Å². The van der Waals surface area contributed by atoms with E-state index in [4.69, 9.17) is 4.74 Å². The normalized spacial score (nSPS) is 10.1. The topological polar surface area (TPSA) is 111 Å². The number of ether oxygens (including phenoxy) is 1. The molecule has 0 aliphatic rings. The van der Waals surface area contributed by atoms with Gasteiger partial charge in [0, 0.05) is 29.7 Å². The van der Waals surface area contributed by atoms with Gasteiger partial charge in [-0.1, -0.05) is 36.4 Å². The minimum absolute atomic E-state index is 0.0617. The summed E-state index contributed by atoms with van der Waals surface area (Å²) < 4.78 is 5.67. The zero-order valence-electron chi connectivity index (χ0n) is 15.9. The summed E-state index contributed by atoms with van der Waals surface area (Å²) in [6.07, 6.45) is 0.771. The summed E-state index contributed by atoms with van der Waals surface area (Å²) in [5, 5.41) is 10.8.